The molecule has 0 heterocycles. The highest BCUT2D eigenvalue weighted by molar-refractivity contribution is 5.89. The predicted molar refractivity (Wildman–Crippen MR) is 114 cm³/mol. The number of amides is 2. The van der Waals surface area contributed by atoms with Crippen molar-refractivity contribution in [2.75, 3.05) is 6.61 Å². The first kappa shape index (κ1) is 27.6. The summed E-state index contributed by atoms with van der Waals surface area (Å²) in [6, 6.07) is -1.73. The number of rotatable bonds is 14. The number of nitrogens with one attached hydrogen (secondary N) is 2. The summed E-state index contributed by atoms with van der Waals surface area (Å²) in [6.45, 7) is 16.4. The molecule has 0 aliphatic heterocycles. The first-order chi connectivity index (χ1) is 14.0. The smallest absolute Gasteiger partial charge is 0.329 e. The second-order valence-electron chi connectivity index (χ2n) is 8.19. The van der Waals surface area contributed by atoms with Gasteiger partial charge in [-0.25, -0.2) is 9.59 Å². The van der Waals surface area contributed by atoms with Gasteiger partial charge in [0, 0.05) is 0 Å². The number of carbonyl (C=O) groups excluding carboxylic acids is 4. The van der Waals surface area contributed by atoms with Crippen molar-refractivity contribution in [3.05, 3.63) is 12.2 Å². The van der Waals surface area contributed by atoms with Crippen LogP contribution in [0.1, 0.15) is 61.3 Å². The van der Waals surface area contributed by atoms with Crippen LogP contribution in [0.3, 0.4) is 0 Å². The Bertz CT molecular complexity index is 604. The molecule has 0 aliphatic rings. The van der Waals surface area contributed by atoms with Gasteiger partial charge in [0.15, 0.2) is 6.10 Å². The highest BCUT2D eigenvalue weighted by Crippen LogP contribution is 2.16. The lowest BCUT2D eigenvalue weighted by Gasteiger charge is -2.28. The second-order valence-corrected chi connectivity index (χ2v) is 8.19. The van der Waals surface area contributed by atoms with Crippen LogP contribution >= 0.6 is 0 Å². The zero-order chi connectivity index (χ0) is 23.4. The minimum atomic E-state index is -1.11. The van der Waals surface area contributed by atoms with Gasteiger partial charge in [-0.05, 0) is 30.3 Å². The monoisotopic (exact) mass is 426 g/mol. The fraction of sp³-hybridized carbons (Fsp3) is 0.727. The van der Waals surface area contributed by atoms with E-state index in [4.69, 9.17) is 9.47 Å². The Hall–Kier alpha value is -2.38. The van der Waals surface area contributed by atoms with Gasteiger partial charge in [-0.1, -0.05) is 61.0 Å². The Balaban J connectivity index is 5.43. The number of esters is 2. The molecule has 2 amide bonds. The van der Waals surface area contributed by atoms with Crippen LogP contribution in [0.15, 0.2) is 12.2 Å². The molecule has 0 saturated heterocycles. The minimum absolute atomic E-state index is 0.0676. The lowest BCUT2D eigenvalue weighted by atomic mass is 9.97. The lowest BCUT2D eigenvalue weighted by Crippen LogP contribution is -2.53. The van der Waals surface area contributed by atoms with E-state index in [1.165, 1.54) is 0 Å². The molecule has 0 fully saturated rings. The summed E-state index contributed by atoms with van der Waals surface area (Å²) in [5.74, 6) is -2.51. The third-order valence-corrected chi connectivity index (χ3v) is 5.05. The first-order valence-corrected chi connectivity index (χ1v) is 10.5. The zero-order valence-corrected chi connectivity index (χ0v) is 19.3. The summed E-state index contributed by atoms with van der Waals surface area (Å²) in [4.78, 5) is 48.9. The van der Waals surface area contributed by atoms with Crippen molar-refractivity contribution in [1.29, 1.82) is 0 Å². The van der Waals surface area contributed by atoms with E-state index in [-0.39, 0.29) is 24.4 Å². The molecule has 0 aromatic rings. The van der Waals surface area contributed by atoms with Crippen LogP contribution in [0.25, 0.3) is 0 Å². The zero-order valence-electron chi connectivity index (χ0n) is 19.3. The lowest BCUT2D eigenvalue weighted by molar-refractivity contribution is -0.163. The molecule has 0 aromatic heterocycles. The summed E-state index contributed by atoms with van der Waals surface area (Å²) in [7, 11) is 0. The fourth-order valence-corrected chi connectivity index (χ4v) is 2.65. The highest BCUT2D eigenvalue weighted by atomic mass is 16.6. The van der Waals surface area contributed by atoms with Crippen molar-refractivity contribution >= 4 is 24.3 Å². The van der Waals surface area contributed by atoms with Crippen molar-refractivity contribution in [3.8, 4) is 0 Å². The Labute approximate surface area is 180 Å². The van der Waals surface area contributed by atoms with Crippen molar-refractivity contribution < 1.29 is 28.7 Å². The average Bonchev–Trinajstić information content (AvgIpc) is 2.70. The Morgan fingerprint density at radius 3 is 1.93 bits per heavy atom. The first-order valence-electron chi connectivity index (χ1n) is 10.5. The van der Waals surface area contributed by atoms with Gasteiger partial charge in [0.25, 0.3) is 5.91 Å². The van der Waals surface area contributed by atoms with Crippen molar-refractivity contribution in [3.63, 3.8) is 0 Å². The minimum Gasteiger partial charge on any atom is -0.460 e. The molecule has 0 radical (unpaired) electrons. The number of ether oxygens (including phenoxy) is 2. The number of hydrogen-bond donors (Lipinski definition) is 2. The Morgan fingerprint density at radius 1 is 0.967 bits per heavy atom. The second kappa shape index (κ2) is 13.8. The average molecular weight is 427 g/mol. The van der Waals surface area contributed by atoms with Crippen LogP contribution in [0.5, 0.6) is 0 Å². The molecule has 8 nitrogen and oxygen atoms in total. The summed E-state index contributed by atoms with van der Waals surface area (Å²) in [5.41, 5.74) is 0.685. The van der Waals surface area contributed by atoms with Gasteiger partial charge in [-0.3, -0.25) is 9.59 Å². The van der Waals surface area contributed by atoms with Gasteiger partial charge in [0.05, 0.1) is 0 Å². The molecular formula is C22H38N2O6. The normalized spacial score (nSPS) is 15.9. The molecule has 30 heavy (non-hydrogen) atoms. The van der Waals surface area contributed by atoms with E-state index < -0.39 is 36.0 Å². The maximum atomic E-state index is 12.9. The van der Waals surface area contributed by atoms with Gasteiger partial charge < -0.3 is 20.1 Å². The van der Waals surface area contributed by atoms with Crippen LogP contribution in [0, 0.1) is 17.8 Å². The van der Waals surface area contributed by atoms with Gasteiger partial charge >= 0.3 is 11.9 Å². The van der Waals surface area contributed by atoms with E-state index in [1.54, 1.807) is 20.8 Å². The van der Waals surface area contributed by atoms with Gasteiger partial charge in [-0.15, -0.1) is 0 Å². The quantitative estimate of drug-likeness (QED) is 0.251. The van der Waals surface area contributed by atoms with E-state index in [0.29, 0.717) is 24.8 Å². The molecule has 0 saturated carbocycles. The van der Waals surface area contributed by atoms with Crippen LogP contribution in [-0.4, -0.2) is 49.1 Å². The summed E-state index contributed by atoms with van der Waals surface area (Å²) >= 11 is 0. The van der Waals surface area contributed by atoms with E-state index in [1.807, 2.05) is 27.7 Å². The van der Waals surface area contributed by atoms with Crippen molar-refractivity contribution in [2.45, 2.75) is 79.5 Å². The SMILES string of the molecule is C=C(C)COC(=O)C(NC(=O)C(OC(=O)C(NC=O)C(C)CC)C(C)C)C(C)CC. The Kier molecular flexibility index (Phi) is 12.7. The molecular weight excluding hydrogens is 388 g/mol. The topological polar surface area (TPSA) is 111 Å². The molecule has 0 spiro atoms. The molecule has 0 aliphatic carbocycles. The van der Waals surface area contributed by atoms with Crippen LogP contribution < -0.4 is 10.6 Å². The molecule has 0 aromatic carbocycles. The van der Waals surface area contributed by atoms with Gasteiger partial charge in [0.2, 0.25) is 6.41 Å². The summed E-state index contributed by atoms with van der Waals surface area (Å²) in [6.07, 6.45) is 0.611. The Morgan fingerprint density at radius 2 is 1.50 bits per heavy atom. The van der Waals surface area contributed by atoms with Crippen LogP contribution in [0.2, 0.25) is 0 Å². The molecule has 0 rings (SSSR count). The van der Waals surface area contributed by atoms with Crippen molar-refractivity contribution in [1.82, 2.24) is 10.6 Å². The van der Waals surface area contributed by atoms with Gasteiger partial charge in [0.1, 0.15) is 18.7 Å². The third-order valence-electron chi connectivity index (χ3n) is 5.05. The standard InChI is InChI=1S/C22H38N2O6/c1-9-15(7)17(23-12-25)22(28)30-19(14(5)6)20(26)24-18(16(8)10-2)21(27)29-11-13(3)4/h12,14-19H,3,9-11H2,1-2,4-8H3,(H,23,25)(H,24,26). The highest BCUT2D eigenvalue weighted by Gasteiger charge is 2.35. The molecule has 8 heteroatoms. The van der Waals surface area contributed by atoms with Crippen LogP contribution in [-0.2, 0) is 28.7 Å². The molecule has 5 unspecified atom stereocenters. The maximum Gasteiger partial charge on any atom is 0.329 e. The third kappa shape index (κ3) is 8.97. The molecule has 0 bridgehead atoms. The van der Waals surface area contributed by atoms with Crippen LogP contribution in [0.4, 0.5) is 0 Å². The molecule has 2 N–H and O–H groups in total. The van der Waals surface area contributed by atoms with E-state index in [0.717, 1.165) is 0 Å². The molecule has 172 valence electrons. The van der Waals surface area contributed by atoms with E-state index >= 15 is 0 Å². The van der Waals surface area contributed by atoms with E-state index in [2.05, 4.69) is 17.2 Å². The summed E-state index contributed by atoms with van der Waals surface area (Å²) in [5, 5.41) is 5.14. The van der Waals surface area contributed by atoms with Gasteiger partial charge in [-0.2, -0.15) is 0 Å². The largest absolute Gasteiger partial charge is 0.460 e. The van der Waals surface area contributed by atoms with E-state index in [9.17, 15) is 19.2 Å². The number of hydrogen-bond acceptors (Lipinski definition) is 6. The predicted octanol–water partition coefficient (Wildman–Crippen LogP) is 2.37. The molecule has 5 atom stereocenters. The van der Waals surface area contributed by atoms with Crippen molar-refractivity contribution in [2.24, 2.45) is 17.8 Å². The summed E-state index contributed by atoms with van der Waals surface area (Å²) < 4.78 is 10.7. The maximum absolute atomic E-state index is 12.9. The number of carbonyl (C=O) groups is 4. The fourth-order valence-electron chi connectivity index (χ4n) is 2.65.